The number of β-lactam (4-membered cyclic amide) rings is 1. The lowest BCUT2D eigenvalue weighted by molar-refractivity contribution is -0.133. The summed E-state index contributed by atoms with van der Waals surface area (Å²) in [5, 5.41) is 3.07. The van der Waals surface area contributed by atoms with E-state index in [9.17, 15) is 4.79 Å². The van der Waals surface area contributed by atoms with Gasteiger partial charge in [0.15, 0.2) is 0 Å². The molecule has 2 aliphatic rings. The fraction of sp³-hybridized carbons (Fsp3) is 0.417. The molecule has 2 nitrogen and oxygen atoms in total. The van der Waals surface area contributed by atoms with E-state index < -0.39 is 0 Å². The molecule has 1 fully saturated rings. The molecule has 1 amide bonds. The first kappa shape index (κ1) is 8.04. The number of carbonyl (C=O) groups excluding carboxylic acids is 1. The van der Waals surface area contributed by atoms with Crippen LogP contribution in [0.25, 0.3) is 0 Å². The molecule has 1 saturated heterocycles. The zero-order chi connectivity index (χ0) is 9.76. The minimum absolute atomic E-state index is 0.00685. The summed E-state index contributed by atoms with van der Waals surface area (Å²) < 4.78 is 0. The molecule has 1 heterocycles. The summed E-state index contributed by atoms with van der Waals surface area (Å²) in [4.78, 5) is 11.1. The van der Waals surface area contributed by atoms with Crippen molar-refractivity contribution in [2.24, 2.45) is 0 Å². The van der Waals surface area contributed by atoms with Crippen molar-refractivity contribution < 1.29 is 4.79 Å². The van der Waals surface area contributed by atoms with Crippen LogP contribution in [0.1, 0.15) is 36.8 Å². The number of fused-ring (bicyclic) bond motifs is 2. The monoisotopic (exact) mass is 187 g/mol. The van der Waals surface area contributed by atoms with E-state index in [-0.39, 0.29) is 11.4 Å². The van der Waals surface area contributed by atoms with Crippen LogP contribution in [0.15, 0.2) is 24.3 Å². The van der Waals surface area contributed by atoms with Crippen LogP contribution >= 0.6 is 0 Å². The van der Waals surface area contributed by atoms with Crippen LogP contribution in [0.4, 0.5) is 0 Å². The number of hydrogen-bond acceptors (Lipinski definition) is 1. The van der Waals surface area contributed by atoms with Crippen LogP contribution in [-0.4, -0.2) is 5.91 Å². The lowest BCUT2D eigenvalue weighted by Crippen LogP contribution is -2.57. The quantitative estimate of drug-likeness (QED) is 0.617. The summed E-state index contributed by atoms with van der Waals surface area (Å²) in [5.74, 6) is 0.765. The smallest absolute Gasteiger partial charge is 0.223 e. The summed E-state index contributed by atoms with van der Waals surface area (Å²) in [5.41, 5.74) is 2.74. The van der Waals surface area contributed by atoms with Gasteiger partial charge in [0.25, 0.3) is 0 Å². The molecule has 72 valence electrons. The number of hydrogen-bond donors (Lipinski definition) is 1. The van der Waals surface area contributed by atoms with Crippen molar-refractivity contribution in [3.8, 4) is 0 Å². The van der Waals surface area contributed by atoms with E-state index in [1.54, 1.807) is 0 Å². The Bertz CT molecular complexity index is 403. The Hall–Kier alpha value is -1.31. The molecule has 1 spiro atoms. The number of benzene rings is 1. The Kier molecular flexibility index (Phi) is 1.37. The highest BCUT2D eigenvalue weighted by Crippen LogP contribution is 2.49. The van der Waals surface area contributed by atoms with Crippen molar-refractivity contribution in [3.63, 3.8) is 0 Å². The molecule has 1 aliphatic carbocycles. The van der Waals surface area contributed by atoms with Crippen molar-refractivity contribution in [2.45, 2.75) is 31.2 Å². The molecule has 0 aromatic heterocycles. The highest BCUT2D eigenvalue weighted by atomic mass is 16.2. The van der Waals surface area contributed by atoms with Crippen molar-refractivity contribution in [1.82, 2.24) is 5.32 Å². The first-order valence-corrected chi connectivity index (χ1v) is 5.12. The Labute approximate surface area is 83.3 Å². The normalized spacial score (nSPS) is 33.8. The van der Waals surface area contributed by atoms with Crippen molar-refractivity contribution in [3.05, 3.63) is 35.4 Å². The lowest BCUT2D eigenvalue weighted by Gasteiger charge is -2.40. The summed E-state index contributed by atoms with van der Waals surface area (Å²) in [7, 11) is 0. The van der Waals surface area contributed by atoms with E-state index in [2.05, 4.69) is 36.5 Å². The van der Waals surface area contributed by atoms with Gasteiger partial charge in [-0.3, -0.25) is 4.79 Å². The molecule has 1 aliphatic heterocycles. The third-order valence-corrected chi connectivity index (χ3v) is 3.50. The topological polar surface area (TPSA) is 29.1 Å². The van der Waals surface area contributed by atoms with Gasteiger partial charge < -0.3 is 5.32 Å². The second-order valence-corrected chi connectivity index (χ2v) is 4.50. The van der Waals surface area contributed by atoms with Crippen LogP contribution in [0.2, 0.25) is 0 Å². The van der Waals surface area contributed by atoms with Gasteiger partial charge in [-0.15, -0.1) is 0 Å². The van der Waals surface area contributed by atoms with Gasteiger partial charge in [0, 0.05) is 0 Å². The predicted octanol–water partition coefficient (Wildman–Crippen LogP) is 1.91. The Morgan fingerprint density at radius 1 is 1.43 bits per heavy atom. The van der Waals surface area contributed by atoms with Crippen molar-refractivity contribution in [2.75, 3.05) is 0 Å². The molecular formula is C12H13NO. The van der Waals surface area contributed by atoms with E-state index in [0.717, 1.165) is 6.42 Å². The van der Waals surface area contributed by atoms with E-state index in [1.807, 2.05) is 0 Å². The van der Waals surface area contributed by atoms with Gasteiger partial charge in [-0.25, -0.2) is 0 Å². The molecule has 1 aromatic carbocycles. The Morgan fingerprint density at radius 2 is 2.14 bits per heavy atom. The molecule has 1 aromatic rings. The highest BCUT2D eigenvalue weighted by molar-refractivity contribution is 5.86. The number of carbonyl (C=O) groups is 1. The third kappa shape index (κ3) is 0.834. The summed E-state index contributed by atoms with van der Waals surface area (Å²) in [6.45, 7) is 2.23. The average molecular weight is 187 g/mol. The largest absolute Gasteiger partial charge is 0.346 e. The van der Waals surface area contributed by atoms with Gasteiger partial charge in [-0.1, -0.05) is 31.2 Å². The predicted molar refractivity (Wildman–Crippen MR) is 53.9 cm³/mol. The SMILES string of the molecule is CC1CC2(CC(=O)N2)c2ccccc21. The Balaban J connectivity index is 2.10. The van der Waals surface area contributed by atoms with Gasteiger partial charge in [-0.05, 0) is 23.5 Å². The van der Waals surface area contributed by atoms with Gasteiger partial charge in [-0.2, -0.15) is 0 Å². The van der Waals surface area contributed by atoms with Crippen molar-refractivity contribution in [1.29, 1.82) is 0 Å². The first-order chi connectivity index (χ1) is 6.71. The Morgan fingerprint density at radius 3 is 2.86 bits per heavy atom. The van der Waals surface area contributed by atoms with E-state index in [4.69, 9.17) is 0 Å². The fourth-order valence-electron chi connectivity index (χ4n) is 2.91. The first-order valence-electron chi connectivity index (χ1n) is 5.12. The fourth-order valence-corrected chi connectivity index (χ4v) is 2.91. The van der Waals surface area contributed by atoms with Crippen LogP contribution in [-0.2, 0) is 10.3 Å². The maximum atomic E-state index is 11.1. The maximum absolute atomic E-state index is 11.1. The minimum Gasteiger partial charge on any atom is -0.346 e. The molecule has 0 bridgehead atoms. The van der Waals surface area contributed by atoms with Crippen LogP contribution in [0, 0.1) is 0 Å². The van der Waals surface area contributed by atoms with Gasteiger partial charge in [0.05, 0.1) is 12.0 Å². The summed E-state index contributed by atoms with van der Waals surface area (Å²) in [6, 6.07) is 8.47. The van der Waals surface area contributed by atoms with Crippen LogP contribution in [0.3, 0.4) is 0 Å². The zero-order valence-electron chi connectivity index (χ0n) is 8.21. The lowest BCUT2D eigenvalue weighted by atomic mass is 9.81. The van der Waals surface area contributed by atoms with Crippen molar-refractivity contribution >= 4 is 5.91 Å². The molecule has 3 rings (SSSR count). The van der Waals surface area contributed by atoms with Crippen LogP contribution < -0.4 is 5.32 Å². The average Bonchev–Trinajstić information content (AvgIpc) is 2.41. The zero-order valence-corrected chi connectivity index (χ0v) is 8.21. The molecule has 2 heteroatoms. The van der Waals surface area contributed by atoms with Gasteiger partial charge in [0.1, 0.15) is 0 Å². The molecule has 14 heavy (non-hydrogen) atoms. The molecule has 2 unspecified atom stereocenters. The van der Waals surface area contributed by atoms with Gasteiger partial charge in [0.2, 0.25) is 5.91 Å². The number of amides is 1. The minimum atomic E-state index is -0.00685. The molecular weight excluding hydrogens is 174 g/mol. The van der Waals surface area contributed by atoms with E-state index in [1.165, 1.54) is 11.1 Å². The molecule has 0 saturated carbocycles. The van der Waals surface area contributed by atoms with E-state index >= 15 is 0 Å². The third-order valence-electron chi connectivity index (χ3n) is 3.50. The standard InChI is InChI=1S/C12H13NO/c1-8-6-12(7-11(14)13-12)10-5-3-2-4-9(8)10/h2-5,8H,6-7H2,1H3,(H,13,14). The second-order valence-electron chi connectivity index (χ2n) is 4.50. The number of rotatable bonds is 0. The van der Waals surface area contributed by atoms with Crippen LogP contribution in [0.5, 0.6) is 0 Å². The summed E-state index contributed by atoms with van der Waals surface area (Å²) in [6.07, 6.45) is 1.74. The molecule has 0 radical (unpaired) electrons. The highest BCUT2D eigenvalue weighted by Gasteiger charge is 2.50. The summed E-state index contributed by atoms with van der Waals surface area (Å²) >= 11 is 0. The molecule has 1 N–H and O–H groups in total. The van der Waals surface area contributed by atoms with Gasteiger partial charge >= 0.3 is 0 Å². The number of nitrogens with one attached hydrogen (secondary N) is 1. The molecule has 2 atom stereocenters. The van der Waals surface area contributed by atoms with E-state index in [0.29, 0.717) is 12.3 Å². The second kappa shape index (κ2) is 2.38. The maximum Gasteiger partial charge on any atom is 0.223 e.